The van der Waals surface area contributed by atoms with Gasteiger partial charge in [0.2, 0.25) is 0 Å². The molecule has 0 spiro atoms. The molecule has 102 valence electrons. The summed E-state index contributed by atoms with van der Waals surface area (Å²) < 4.78 is 0. The van der Waals surface area contributed by atoms with Gasteiger partial charge in [0.1, 0.15) is 0 Å². The number of amides is 1. The molecule has 2 N–H and O–H groups in total. The van der Waals surface area contributed by atoms with Crippen LogP contribution in [0.2, 0.25) is 0 Å². The number of benzene rings is 2. The van der Waals surface area contributed by atoms with Crippen molar-refractivity contribution in [1.82, 2.24) is 5.32 Å². The summed E-state index contributed by atoms with van der Waals surface area (Å²) in [5, 5.41) is 12.1. The molecule has 2 aromatic rings. The van der Waals surface area contributed by atoms with E-state index in [4.69, 9.17) is 0 Å². The van der Waals surface area contributed by atoms with Gasteiger partial charge in [-0.05, 0) is 24.6 Å². The first-order valence-corrected chi connectivity index (χ1v) is 6.20. The van der Waals surface area contributed by atoms with Crippen LogP contribution in [-0.4, -0.2) is 17.0 Å². The smallest absolute Gasteiger partial charge is 0.333 e. The lowest BCUT2D eigenvalue weighted by Crippen LogP contribution is -2.49. The molecule has 0 aliphatic rings. The lowest BCUT2D eigenvalue weighted by molar-refractivity contribution is -0.144. The molecule has 20 heavy (non-hydrogen) atoms. The van der Waals surface area contributed by atoms with E-state index in [-0.39, 0.29) is 0 Å². The van der Waals surface area contributed by atoms with Crippen molar-refractivity contribution in [2.45, 2.75) is 12.5 Å². The number of carbonyl (C=O) groups excluding carboxylic acids is 1. The zero-order chi connectivity index (χ0) is 14.6. The molecule has 4 nitrogen and oxygen atoms in total. The van der Waals surface area contributed by atoms with Crippen LogP contribution in [-0.2, 0) is 10.3 Å². The number of carboxylic acid groups (broad SMARTS) is 1. The molecule has 2 rings (SSSR count). The Morgan fingerprint density at radius 2 is 1.45 bits per heavy atom. The zero-order valence-corrected chi connectivity index (χ0v) is 11.0. The maximum Gasteiger partial charge on any atom is 0.333 e. The van der Waals surface area contributed by atoms with E-state index in [1.807, 2.05) is 0 Å². The highest BCUT2D eigenvalue weighted by Gasteiger charge is 2.36. The van der Waals surface area contributed by atoms with Gasteiger partial charge >= 0.3 is 5.97 Å². The Balaban J connectivity index is 2.32. The largest absolute Gasteiger partial charge is 0.479 e. The minimum atomic E-state index is -1.46. The predicted molar refractivity (Wildman–Crippen MR) is 75.3 cm³/mol. The number of rotatable bonds is 4. The monoisotopic (exact) mass is 269 g/mol. The second-order valence-corrected chi connectivity index (χ2v) is 4.62. The van der Waals surface area contributed by atoms with Crippen molar-refractivity contribution in [2.24, 2.45) is 0 Å². The van der Waals surface area contributed by atoms with Gasteiger partial charge in [0.05, 0.1) is 0 Å². The Morgan fingerprint density at radius 1 is 0.950 bits per heavy atom. The highest BCUT2D eigenvalue weighted by molar-refractivity contribution is 5.98. The molecule has 0 saturated carbocycles. The van der Waals surface area contributed by atoms with E-state index < -0.39 is 17.4 Å². The van der Waals surface area contributed by atoms with Crippen LogP contribution in [0.25, 0.3) is 0 Å². The average Bonchev–Trinajstić information content (AvgIpc) is 2.48. The van der Waals surface area contributed by atoms with Gasteiger partial charge in [0.25, 0.3) is 5.91 Å². The minimum absolute atomic E-state index is 0.417. The van der Waals surface area contributed by atoms with E-state index in [0.29, 0.717) is 11.1 Å². The van der Waals surface area contributed by atoms with Gasteiger partial charge in [-0.15, -0.1) is 0 Å². The normalized spacial score (nSPS) is 13.2. The highest BCUT2D eigenvalue weighted by Crippen LogP contribution is 2.21. The van der Waals surface area contributed by atoms with Crippen LogP contribution < -0.4 is 5.32 Å². The van der Waals surface area contributed by atoms with Gasteiger partial charge in [-0.2, -0.15) is 0 Å². The number of carbonyl (C=O) groups is 2. The summed E-state index contributed by atoms with van der Waals surface area (Å²) in [7, 11) is 0. The van der Waals surface area contributed by atoms with E-state index in [2.05, 4.69) is 5.32 Å². The van der Waals surface area contributed by atoms with E-state index in [1.165, 1.54) is 6.92 Å². The maximum absolute atomic E-state index is 12.2. The lowest BCUT2D eigenvalue weighted by atomic mass is 9.91. The van der Waals surface area contributed by atoms with Gasteiger partial charge < -0.3 is 10.4 Å². The average molecular weight is 269 g/mol. The van der Waals surface area contributed by atoms with Crippen molar-refractivity contribution in [3.63, 3.8) is 0 Å². The van der Waals surface area contributed by atoms with Crippen molar-refractivity contribution in [3.05, 3.63) is 71.8 Å². The molecule has 0 fully saturated rings. The quantitative estimate of drug-likeness (QED) is 0.895. The molecule has 1 atom stereocenters. The standard InChI is InChI=1S/C16H15NO3/c1-16(15(19)20,13-10-6-3-7-11-13)17-14(18)12-8-4-2-5-9-12/h2-11H,1H3,(H,17,18)(H,19,20). The number of carboxylic acids is 1. The zero-order valence-electron chi connectivity index (χ0n) is 11.0. The van der Waals surface area contributed by atoms with Crippen LogP contribution >= 0.6 is 0 Å². The number of aliphatic carboxylic acids is 1. The van der Waals surface area contributed by atoms with Crippen LogP contribution in [0, 0.1) is 0 Å². The second-order valence-electron chi connectivity index (χ2n) is 4.62. The van der Waals surface area contributed by atoms with Crippen LogP contribution in [0.4, 0.5) is 0 Å². The number of hydrogen-bond donors (Lipinski definition) is 2. The summed E-state index contributed by atoms with van der Waals surface area (Å²) in [6.45, 7) is 1.48. The Hall–Kier alpha value is -2.62. The first-order chi connectivity index (χ1) is 9.54. The summed E-state index contributed by atoms with van der Waals surface area (Å²) in [6.07, 6.45) is 0. The van der Waals surface area contributed by atoms with Gasteiger partial charge in [0, 0.05) is 5.56 Å². The fourth-order valence-corrected chi connectivity index (χ4v) is 1.91. The first-order valence-electron chi connectivity index (χ1n) is 6.20. The van der Waals surface area contributed by atoms with Crippen molar-refractivity contribution in [3.8, 4) is 0 Å². The van der Waals surface area contributed by atoms with Crippen LogP contribution in [0.1, 0.15) is 22.8 Å². The van der Waals surface area contributed by atoms with Crippen molar-refractivity contribution < 1.29 is 14.7 Å². The summed E-state index contributed by atoms with van der Waals surface area (Å²) in [6, 6.07) is 17.2. The second kappa shape index (κ2) is 5.57. The molecule has 0 bridgehead atoms. The first kappa shape index (κ1) is 13.8. The van der Waals surface area contributed by atoms with Crippen LogP contribution in [0.5, 0.6) is 0 Å². The number of nitrogens with one attached hydrogen (secondary N) is 1. The van der Waals surface area contributed by atoms with Crippen molar-refractivity contribution >= 4 is 11.9 Å². The summed E-state index contributed by atoms with van der Waals surface area (Å²) in [5.74, 6) is -1.52. The Bertz CT molecular complexity index is 610. The van der Waals surface area contributed by atoms with Gasteiger partial charge in [-0.3, -0.25) is 4.79 Å². The molecule has 0 heterocycles. The highest BCUT2D eigenvalue weighted by atomic mass is 16.4. The van der Waals surface area contributed by atoms with Gasteiger partial charge in [-0.1, -0.05) is 48.5 Å². The Morgan fingerprint density at radius 3 is 1.95 bits per heavy atom. The van der Waals surface area contributed by atoms with Crippen molar-refractivity contribution in [1.29, 1.82) is 0 Å². The third-order valence-electron chi connectivity index (χ3n) is 3.18. The van der Waals surface area contributed by atoms with Crippen LogP contribution in [0.15, 0.2) is 60.7 Å². The summed E-state index contributed by atoms with van der Waals surface area (Å²) in [4.78, 5) is 23.7. The van der Waals surface area contributed by atoms with E-state index in [0.717, 1.165) is 0 Å². The predicted octanol–water partition coefficient (Wildman–Crippen LogP) is 2.42. The lowest BCUT2D eigenvalue weighted by Gasteiger charge is -2.26. The molecule has 0 aliphatic carbocycles. The van der Waals surface area contributed by atoms with Gasteiger partial charge in [0.15, 0.2) is 5.54 Å². The molecule has 0 aliphatic heterocycles. The SMILES string of the molecule is CC(NC(=O)c1ccccc1)(C(=O)O)c1ccccc1. The molecule has 0 aromatic heterocycles. The molecule has 1 unspecified atom stereocenters. The molecular weight excluding hydrogens is 254 g/mol. The van der Waals surface area contributed by atoms with Crippen molar-refractivity contribution in [2.75, 3.05) is 0 Å². The minimum Gasteiger partial charge on any atom is -0.479 e. The van der Waals surface area contributed by atoms with E-state index in [1.54, 1.807) is 60.7 Å². The van der Waals surface area contributed by atoms with E-state index >= 15 is 0 Å². The number of hydrogen-bond acceptors (Lipinski definition) is 2. The molecular formula is C16H15NO3. The van der Waals surface area contributed by atoms with E-state index in [9.17, 15) is 14.7 Å². The fraction of sp³-hybridized carbons (Fsp3) is 0.125. The maximum atomic E-state index is 12.2. The Kier molecular flexibility index (Phi) is 3.84. The molecule has 4 heteroatoms. The topological polar surface area (TPSA) is 66.4 Å². The fourth-order valence-electron chi connectivity index (χ4n) is 1.91. The third kappa shape index (κ3) is 2.69. The molecule has 2 aromatic carbocycles. The molecule has 0 saturated heterocycles. The third-order valence-corrected chi connectivity index (χ3v) is 3.18. The molecule has 0 radical (unpaired) electrons. The summed E-state index contributed by atoms with van der Waals surface area (Å²) in [5.41, 5.74) is -0.513. The van der Waals surface area contributed by atoms with Crippen LogP contribution in [0.3, 0.4) is 0 Å². The Labute approximate surface area is 117 Å². The molecule has 1 amide bonds. The summed E-state index contributed by atoms with van der Waals surface area (Å²) >= 11 is 0. The van der Waals surface area contributed by atoms with Gasteiger partial charge in [-0.25, -0.2) is 4.79 Å².